The number of amides is 2. The lowest BCUT2D eigenvalue weighted by atomic mass is 10.2. The second-order valence-corrected chi connectivity index (χ2v) is 9.22. The minimum atomic E-state index is -3.63. The lowest BCUT2D eigenvalue weighted by Gasteiger charge is -2.35. The van der Waals surface area contributed by atoms with E-state index in [0.29, 0.717) is 32.7 Å². The Morgan fingerprint density at radius 3 is 2.72 bits per heavy atom. The van der Waals surface area contributed by atoms with Gasteiger partial charge in [-0.15, -0.1) is 11.3 Å². The molecule has 3 aliphatic rings. The maximum Gasteiger partial charge on any atom is 0.410 e. The highest BCUT2D eigenvalue weighted by Gasteiger charge is 2.40. The summed E-state index contributed by atoms with van der Waals surface area (Å²) in [6.45, 7) is 2.44. The van der Waals surface area contributed by atoms with Crippen LogP contribution in [0.2, 0.25) is 0 Å². The lowest BCUT2D eigenvalue weighted by molar-refractivity contribution is 0.0618. The van der Waals surface area contributed by atoms with Crippen LogP contribution in [0.5, 0.6) is 0 Å². The van der Waals surface area contributed by atoms with Crippen molar-refractivity contribution in [2.75, 3.05) is 39.3 Å². The number of hydrogen-bond acceptors (Lipinski definition) is 6. The molecular formula is C15H19N3O5S2. The molecule has 2 amide bonds. The molecule has 0 aromatic carbocycles. The molecule has 3 aliphatic heterocycles. The summed E-state index contributed by atoms with van der Waals surface area (Å²) in [4.78, 5) is 28.1. The Morgan fingerprint density at radius 2 is 1.96 bits per heavy atom. The van der Waals surface area contributed by atoms with Crippen LogP contribution in [0, 0.1) is 0 Å². The fraction of sp³-hybridized carbons (Fsp3) is 0.600. The summed E-state index contributed by atoms with van der Waals surface area (Å²) < 4.78 is 32.1. The predicted molar refractivity (Wildman–Crippen MR) is 90.1 cm³/mol. The molecule has 10 heteroatoms. The van der Waals surface area contributed by atoms with Gasteiger partial charge in [0.25, 0.3) is 5.91 Å². The quantitative estimate of drug-likeness (QED) is 0.768. The number of sulfonamides is 1. The molecule has 1 aromatic rings. The van der Waals surface area contributed by atoms with Gasteiger partial charge in [-0.1, -0.05) is 0 Å². The van der Waals surface area contributed by atoms with Gasteiger partial charge in [0.05, 0.1) is 6.04 Å². The number of rotatable bonds is 3. The Balaban J connectivity index is 1.56. The summed E-state index contributed by atoms with van der Waals surface area (Å²) in [5.41, 5.74) is 0. The fourth-order valence-corrected chi connectivity index (χ4v) is 6.42. The van der Waals surface area contributed by atoms with Gasteiger partial charge in [-0.2, -0.15) is 4.31 Å². The van der Waals surface area contributed by atoms with Crippen LogP contribution < -0.4 is 0 Å². The first-order valence-corrected chi connectivity index (χ1v) is 10.6. The number of thiophene rings is 1. The molecule has 4 rings (SSSR count). The zero-order chi connectivity index (χ0) is 17.6. The molecule has 4 heterocycles. The first-order valence-electron chi connectivity index (χ1n) is 8.29. The lowest BCUT2D eigenvalue weighted by Crippen LogP contribution is -2.53. The van der Waals surface area contributed by atoms with Gasteiger partial charge in [0.15, 0.2) is 0 Å². The molecule has 1 atom stereocenters. The van der Waals surface area contributed by atoms with Crippen molar-refractivity contribution >= 4 is 33.4 Å². The molecule has 136 valence electrons. The number of nitrogens with zero attached hydrogens (tertiary/aromatic N) is 3. The molecule has 3 fully saturated rings. The largest absolute Gasteiger partial charge is 0.447 e. The Morgan fingerprint density at radius 1 is 1.20 bits per heavy atom. The van der Waals surface area contributed by atoms with Gasteiger partial charge in [0, 0.05) is 32.7 Å². The number of piperazine rings is 1. The van der Waals surface area contributed by atoms with Crippen molar-refractivity contribution in [3.63, 3.8) is 0 Å². The van der Waals surface area contributed by atoms with E-state index in [0.717, 1.165) is 24.2 Å². The van der Waals surface area contributed by atoms with Crippen LogP contribution in [0.15, 0.2) is 16.3 Å². The van der Waals surface area contributed by atoms with Crippen LogP contribution in [0.1, 0.15) is 22.5 Å². The van der Waals surface area contributed by atoms with E-state index in [4.69, 9.17) is 4.74 Å². The van der Waals surface area contributed by atoms with E-state index in [1.807, 2.05) is 0 Å². The Labute approximate surface area is 150 Å². The molecule has 3 saturated heterocycles. The van der Waals surface area contributed by atoms with E-state index in [1.54, 1.807) is 15.2 Å². The van der Waals surface area contributed by atoms with Gasteiger partial charge in [0.2, 0.25) is 10.0 Å². The van der Waals surface area contributed by atoms with Crippen LogP contribution in [0.3, 0.4) is 0 Å². The number of hydrogen-bond donors (Lipinski definition) is 0. The molecule has 0 N–H and O–H groups in total. The van der Waals surface area contributed by atoms with E-state index in [9.17, 15) is 18.0 Å². The summed E-state index contributed by atoms with van der Waals surface area (Å²) in [5.74, 6) is -0.285. The van der Waals surface area contributed by atoms with Crippen LogP contribution in [0.25, 0.3) is 0 Å². The van der Waals surface area contributed by atoms with Gasteiger partial charge in [0.1, 0.15) is 16.4 Å². The second-order valence-electron chi connectivity index (χ2n) is 6.40. The average molecular weight is 385 g/mol. The Bertz CT molecular complexity index is 800. The van der Waals surface area contributed by atoms with E-state index >= 15 is 0 Å². The molecule has 1 unspecified atom stereocenters. The fourth-order valence-electron chi connectivity index (χ4n) is 3.54. The highest BCUT2D eigenvalue weighted by molar-refractivity contribution is 7.89. The zero-order valence-corrected chi connectivity index (χ0v) is 15.2. The number of ether oxygens (including phenoxy) is 1. The number of carbonyl (C=O) groups excluding carboxylic acids is 2. The minimum Gasteiger partial charge on any atom is -0.447 e. The first kappa shape index (κ1) is 16.8. The summed E-state index contributed by atoms with van der Waals surface area (Å²) >= 11 is 1.15. The van der Waals surface area contributed by atoms with Gasteiger partial charge in [-0.25, -0.2) is 13.2 Å². The summed E-state index contributed by atoms with van der Waals surface area (Å²) in [5, 5.41) is 1.65. The SMILES string of the molecule is O=C(c1sccc1S(=O)(=O)N1CCCC1)N1CCN2C(=O)OCC2C1. The summed E-state index contributed by atoms with van der Waals surface area (Å²) in [6, 6.07) is 1.37. The zero-order valence-electron chi connectivity index (χ0n) is 13.6. The smallest absolute Gasteiger partial charge is 0.410 e. The molecule has 0 aliphatic carbocycles. The monoisotopic (exact) mass is 385 g/mol. The normalized spacial score (nSPS) is 24.5. The van der Waals surface area contributed by atoms with Crippen LogP contribution >= 0.6 is 11.3 Å². The van der Waals surface area contributed by atoms with E-state index in [1.165, 1.54) is 10.4 Å². The molecule has 25 heavy (non-hydrogen) atoms. The van der Waals surface area contributed by atoms with Crippen LogP contribution in [-0.4, -0.2) is 79.9 Å². The van der Waals surface area contributed by atoms with Crippen molar-refractivity contribution in [2.45, 2.75) is 23.8 Å². The molecule has 1 aromatic heterocycles. The van der Waals surface area contributed by atoms with Crippen molar-refractivity contribution in [2.24, 2.45) is 0 Å². The van der Waals surface area contributed by atoms with Gasteiger partial charge in [-0.3, -0.25) is 9.69 Å². The van der Waals surface area contributed by atoms with E-state index in [-0.39, 0.29) is 34.4 Å². The maximum absolute atomic E-state index is 12.9. The van der Waals surface area contributed by atoms with Crippen molar-refractivity contribution in [3.05, 3.63) is 16.3 Å². The van der Waals surface area contributed by atoms with Crippen molar-refractivity contribution < 1.29 is 22.7 Å². The predicted octanol–water partition coefficient (Wildman–Crippen LogP) is 0.809. The third kappa shape index (κ3) is 2.81. The minimum absolute atomic E-state index is 0.102. The van der Waals surface area contributed by atoms with Crippen LogP contribution in [0.4, 0.5) is 4.79 Å². The van der Waals surface area contributed by atoms with Crippen molar-refractivity contribution in [1.82, 2.24) is 14.1 Å². The Kier molecular flexibility index (Phi) is 4.20. The molecular weight excluding hydrogens is 366 g/mol. The molecule has 0 saturated carbocycles. The average Bonchev–Trinajstić information content (AvgIpc) is 3.35. The van der Waals surface area contributed by atoms with Gasteiger partial charge < -0.3 is 9.64 Å². The third-order valence-corrected chi connectivity index (χ3v) is 7.88. The number of carbonyl (C=O) groups is 2. The first-order chi connectivity index (χ1) is 12.0. The number of fused-ring (bicyclic) bond motifs is 1. The molecule has 8 nitrogen and oxygen atoms in total. The van der Waals surface area contributed by atoms with Gasteiger partial charge in [-0.05, 0) is 24.3 Å². The van der Waals surface area contributed by atoms with Gasteiger partial charge >= 0.3 is 6.09 Å². The van der Waals surface area contributed by atoms with Crippen molar-refractivity contribution in [1.29, 1.82) is 0 Å². The molecule has 0 radical (unpaired) electrons. The second kappa shape index (κ2) is 6.26. The van der Waals surface area contributed by atoms with E-state index in [2.05, 4.69) is 0 Å². The summed E-state index contributed by atoms with van der Waals surface area (Å²) in [7, 11) is -3.63. The standard InChI is InChI=1S/C15H19N3O5S2/c19-14(16-6-7-18-11(9-16)10-23-15(18)20)13-12(3-8-24-13)25(21,22)17-4-1-2-5-17/h3,8,11H,1-2,4-7,9-10H2. The topological polar surface area (TPSA) is 87.2 Å². The van der Waals surface area contributed by atoms with Crippen LogP contribution in [-0.2, 0) is 14.8 Å². The Hall–Kier alpha value is -1.65. The molecule has 0 bridgehead atoms. The highest BCUT2D eigenvalue weighted by Crippen LogP contribution is 2.29. The summed E-state index contributed by atoms with van der Waals surface area (Å²) in [6.07, 6.45) is 1.36. The molecule has 0 spiro atoms. The highest BCUT2D eigenvalue weighted by atomic mass is 32.2. The third-order valence-electron chi connectivity index (χ3n) is 4.91. The maximum atomic E-state index is 12.9. The van der Waals surface area contributed by atoms with Crippen molar-refractivity contribution in [3.8, 4) is 0 Å². The van der Waals surface area contributed by atoms with E-state index < -0.39 is 10.0 Å². The number of cyclic esters (lactones) is 1.